The molecule has 1 fully saturated rings. The molecule has 0 heteroatoms. The van der Waals surface area contributed by atoms with Crippen molar-refractivity contribution < 1.29 is 0 Å². The average Bonchev–Trinajstić information content (AvgIpc) is 2.21. The predicted octanol–water partition coefficient (Wildman–Crippen LogP) is 3.76. The van der Waals surface area contributed by atoms with Crippen LogP contribution in [0.3, 0.4) is 0 Å². The van der Waals surface area contributed by atoms with Gasteiger partial charge in [-0.25, -0.2) is 0 Å². The van der Waals surface area contributed by atoms with Gasteiger partial charge in [0.2, 0.25) is 0 Å². The maximum atomic E-state index is 2.00. The van der Waals surface area contributed by atoms with Crippen molar-refractivity contribution >= 4 is 0 Å². The molecule has 1 aliphatic rings. The van der Waals surface area contributed by atoms with Crippen molar-refractivity contribution in [2.45, 2.75) is 58.8 Å². The molecule has 0 heterocycles. The molecule has 0 aromatic carbocycles. The van der Waals surface area contributed by atoms with Gasteiger partial charge in [-0.05, 0) is 0 Å². The van der Waals surface area contributed by atoms with Crippen LogP contribution in [0.25, 0.3) is 0 Å². The monoisotopic (exact) mass is 128 g/mol. The second-order valence-corrected chi connectivity index (χ2v) is 2.47. The first-order valence-corrected chi connectivity index (χ1v) is 4.50. The summed E-state index contributed by atoms with van der Waals surface area (Å²) < 4.78 is 0. The third kappa shape index (κ3) is 5.88. The zero-order valence-electron chi connectivity index (χ0n) is 6.95. The minimum absolute atomic E-state index is 1.50. The molecular formula is C9H20. The van der Waals surface area contributed by atoms with E-state index in [2.05, 4.69) is 0 Å². The van der Waals surface area contributed by atoms with Crippen molar-refractivity contribution in [3.05, 3.63) is 0 Å². The van der Waals surface area contributed by atoms with Crippen LogP contribution in [0.2, 0.25) is 0 Å². The van der Waals surface area contributed by atoms with E-state index < -0.39 is 0 Å². The summed E-state index contributed by atoms with van der Waals surface area (Å²) >= 11 is 0. The van der Waals surface area contributed by atoms with E-state index in [1.807, 2.05) is 13.8 Å². The van der Waals surface area contributed by atoms with E-state index in [9.17, 15) is 0 Å². The van der Waals surface area contributed by atoms with Crippen molar-refractivity contribution in [3.63, 3.8) is 0 Å². The summed E-state index contributed by atoms with van der Waals surface area (Å²) in [6.45, 7) is 4.00. The SMILES string of the molecule is C1CCCCCC1.CC. The van der Waals surface area contributed by atoms with E-state index in [1.54, 1.807) is 0 Å². The zero-order valence-corrected chi connectivity index (χ0v) is 6.95. The lowest BCUT2D eigenvalue weighted by Crippen LogP contribution is -1.66. The van der Waals surface area contributed by atoms with E-state index in [0.29, 0.717) is 0 Å². The molecule has 0 aromatic rings. The minimum atomic E-state index is 1.50. The Bertz CT molecular complexity index is 19.7. The molecule has 0 amide bonds. The van der Waals surface area contributed by atoms with Gasteiger partial charge in [0, 0.05) is 0 Å². The molecular weight excluding hydrogens is 108 g/mol. The minimum Gasteiger partial charge on any atom is -0.0683 e. The Morgan fingerprint density at radius 3 is 0.667 bits per heavy atom. The normalized spacial score (nSPS) is 19.3. The third-order valence-electron chi connectivity index (χ3n) is 1.75. The Morgan fingerprint density at radius 1 is 0.444 bits per heavy atom. The van der Waals surface area contributed by atoms with Crippen molar-refractivity contribution in [1.82, 2.24) is 0 Å². The van der Waals surface area contributed by atoms with Crippen molar-refractivity contribution in [2.24, 2.45) is 0 Å². The molecule has 0 aliphatic heterocycles. The number of rotatable bonds is 0. The van der Waals surface area contributed by atoms with E-state index in [-0.39, 0.29) is 0 Å². The first kappa shape index (κ1) is 9.00. The molecule has 0 nitrogen and oxygen atoms in total. The summed E-state index contributed by atoms with van der Waals surface area (Å²) in [6, 6.07) is 0. The van der Waals surface area contributed by atoms with Crippen LogP contribution in [0.5, 0.6) is 0 Å². The van der Waals surface area contributed by atoms with E-state index in [4.69, 9.17) is 0 Å². The van der Waals surface area contributed by atoms with Gasteiger partial charge in [-0.3, -0.25) is 0 Å². The van der Waals surface area contributed by atoms with Gasteiger partial charge >= 0.3 is 0 Å². The molecule has 0 bridgehead atoms. The van der Waals surface area contributed by atoms with Crippen LogP contribution in [0, 0.1) is 0 Å². The van der Waals surface area contributed by atoms with Crippen LogP contribution in [0.4, 0.5) is 0 Å². The van der Waals surface area contributed by atoms with Crippen molar-refractivity contribution in [3.8, 4) is 0 Å². The molecule has 1 saturated carbocycles. The first-order valence-electron chi connectivity index (χ1n) is 4.50. The first-order chi connectivity index (χ1) is 4.50. The van der Waals surface area contributed by atoms with E-state index in [0.717, 1.165) is 0 Å². The van der Waals surface area contributed by atoms with Gasteiger partial charge < -0.3 is 0 Å². The zero-order chi connectivity index (χ0) is 6.95. The highest BCUT2D eigenvalue weighted by molar-refractivity contribution is 4.51. The van der Waals surface area contributed by atoms with E-state index in [1.165, 1.54) is 44.9 Å². The molecule has 0 aromatic heterocycles. The maximum absolute atomic E-state index is 2.00. The highest BCUT2D eigenvalue weighted by Crippen LogP contribution is 2.15. The second-order valence-electron chi connectivity index (χ2n) is 2.47. The topological polar surface area (TPSA) is 0 Å². The van der Waals surface area contributed by atoms with Crippen LogP contribution in [-0.2, 0) is 0 Å². The van der Waals surface area contributed by atoms with Crippen LogP contribution < -0.4 is 0 Å². The van der Waals surface area contributed by atoms with E-state index >= 15 is 0 Å². The van der Waals surface area contributed by atoms with Gasteiger partial charge in [0.05, 0.1) is 0 Å². The Labute approximate surface area is 59.7 Å². The molecule has 9 heavy (non-hydrogen) atoms. The van der Waals surface area contributed by atoms with Crippen LogP contribution in [0.15, 0.2) is 0 Å². The largest absolute Gasteiger partial charge is 0.0683 e. The Hall–Kier alpha value is 0. The maximum Gasteiger partial charge on any atom is -0.0533 e. The highest BCUT2D eigenvalue weighted by atomic mass is 14.0. The van der Waals surface area contributed by atoms with Gasteiger partial charge in [0.15, 0.2) is 0 Å². The smallest absolute Gasteiger partial charge is 0.0533 e. The number of hydrogen-bond acceptors (Lipinski definition) is 0. The molecule has 0 atom stereocenters. The van der Waals surface area contributed by atoms with Gasteiger partial charge in [-0.1, -0.05) is 58.8 Å². The van der Waals surface area contributed by atoms with Crippen molar-refractivity contribution in [2.75, 3.05) is 0 Å². The summed E-state index contributed by atoms with van der Waals surface area (Å²) in [7, 11) is 0. The third-order valence-corrected chi connectivity index (χ3v) is 1.75. The van der Waals surface area contributed by atoms with Crippen molar-refractivity contribution in [1.29, 1.82) is 0 Å². The summed E-state index contributed by atoms with van der Waals surface area (Å²) in [5, 5.41) is 0. The molecule has 0 spiro atoms. The lowest BCUT2D eigenvalue weighted by atomic mass is 10.2. The predicted molar refractivity (Wildman–Crippen MR) is 43.7 cm³/mol. The molecule has 56 valence electrons. The van der Waals surface area contributed by atoms with Gasteiger partial charge in [-0.15, -0.1) is 0 Å². The van der Waals surface area contributed by atoms with Gasteiger partial charge in [0.25, 0.3) is 0 Å². The molecule has 1 rings (SSSR count). The summed E-state index contributed by atoms with van der Waals surface area (Å²) in [4.78, 5) is 0. The van der Waals surface area contributed by atoms with Crippen LogP contribution >= 0.6 is 0 Å². The fraction of sp³-hybridized carbons (Fsp3) is 1.00. The highest BCUT2D eigenvalue weighted by Gasteiger charge is 1.95. The fourth-order valence-electron chi connectivity index (χ4n) is 1.24. The Kier molecular flexibility index (Phi) is 8.00. The summed E-state index contributed by atoms with van der Waals surface area (Å²) in [5.41, 5.74) is 0. The Balaban J connectivity index is 0.000000291. The molecule has 1 aliphatic carbocycles. The quantitative estimate of drug-likeness (QED) is 0.436. The van der Waals surface area contributed by atoms with Crippen LogP contribution in [0.1, 0.15) is 58.8 Å². The summed E-state index contributed by atoms with van der Waals surface area (Å²) in [6.07, 6.45) is 10.5. The molecule has 0 unspecified atom stereocenters. The average molecular weight is 128 g/mol. The fourth-order valence-corrected chi connectivity index (χ4v) is 1.24. The van der Waals surface area contributed by atoms with Gasteiger partial charge in [0.1, 0.15) is 0 Å². The molecule has 0 radical (unpaired) electrons. The summed E-state index contributed by atoms with van der Waals surface area (Å²) in [5.74, 6) is 0. The lowest BCUT2D eigenvalue weighted by Gasteiger charge is -1.85. The number of hydrogen-bond donors (Lipinski definition) is 0. The standard InChI is InChI=1S/C7H14.C2H6/c1-2-4-6-7-5-3-1;1-2/h1-7H2;1-2H3. The Morgan fingerprint density at radius 2 is 0.556 bits per heavy atom. The molecule has 0 N–H and O–H groups in total. The lowest BCUT2D eigenvalue weighted by molar-refractivity contribution is 0.702. The second kappa shape index (κ2) is 8.00. The van der Waals surface area contributed by atoms with Crippen LogP contribution in [-0.4, -0.2) is 0 Å². The van der Waals surface area contributed by atoms with Gasteiger partial charge in [-0.2, -0.15) is 0 Å². The molecule has 0 saturated heterocycles.